The Morgan fingerprint density at radius 2 is 2.08 bits per heavy atom. The lowest BCUT2D eigenvalue weighted by molar-refractivity contribution is -0.174. The van der Waals surface area contributed by atoms with Crippen molar-refractivity contribution in [2.24, 2.45) is 5.92 Å². The van der Waals surface area contributed by atoms with Crippen LogP contribution in [-0.4, -0.2) is 45.9 Å². The summed E-state index contributed by atoms with van der Waals surface area (Å²) in [5.74, 6) is 1.64. The van der Waals surface area contributed by atoms with E-state index in [1.54, 1.807) is 6.07 Å². The van der Waals surface area contributed by atoms with Gasteiger partial charge in [0, 0.05) is 18.2 Å². The maximum Gasteiger partial charge on any atom is 0.166 e. The molecule has 4 atom stereocenters. The summed E-state index contributed by atoms with van der Waals surface area (Å²) in [7, 11) is 0. The minimum absolute atomic E-state index is 0. The molecule has 0 aromatic heterocycles. The third-order valence-electron chi connectivity index (χ3n) is 7.71. The highest BCUT2D eigenvalue weighted by atomic mass is 35.5. The van der Waals surface area contributed by atoms with Crippen LogP contribution in [0, 0.1) is 5.92 Å². The molecule has 0 unspecified atom stereocenters. The fraction of sp³-hybridized carbons (Fsp3) is 0.619. The fourth-order valence-corrected chi connectivity index (χ4v) is 6.39. The molecule has 2 aliphatic heterocycles. The average Bonchev–Trinajstić information content (AvgIpc) is 3.32. The van der Waals surface area contributed by atoms with Crippen LogP contribution < -0.4 is 4.74 Å². The van der Waals surface area contributed by atoms with Crippen LogP contribution in [0.2, 0.25) is 0 Å². The van der Waals surface area contributed by atoms with Gasteiger partial charge in [0.05, 0.1) is 11.0 Å². The largest absolute Gasteiger partial charge is 0.504 e. The van der Waals surface area contributed by atoms with Gasteiger partial charge in [-0.2, -0.15) is 0 Å². The molecule has 140 valence electrons. The summed E-state index contributed by atoms with van der Waals surface area (Å²) in [6.07, 6.45) is 5.79. The van der Waals surface area contributed by atoms with E-state index in [0.717, 1.165) is 55.8 Å². The predicted molar refractivity (Wildman–Crippen MR) is 101 cm³/mol. The van der Waals surface area contributed by atoms with Gasteiger partial charge in [0.25, 0.3) is 0 Å². The molecule has 0 amide bonds. The van der Waals surface area contributed by atoms with E-state index in [1.807, 2.05) is 6.07 Å². The number of aliphatic hydroxyl groups is 1. The minimum Gasteiger partial charge on any atom is -0.504 e. The highest BCUT2D eigenvalue weighted by molar-refractivity contribution is 5.85. The van der Waals surface area contributed by atoms with E-state index < -0.39 is 11.0 Å². The van der Waals surface area contributed by atoms with E-state index in [1.165, 1.54) is 18.4 Å². The van der Waals surface area contributed by atoms with Crippen molar-refractivity contribution < 1.29 is 14.9 Å². The molecule has 1 aromatic rings. The highest BCUT2D eigenvalue weighted by Gasteiger charge is 2.71. The van der Waals surface area contributed by atoms with Crippen molar-refractivity contribution in [3.05, 3.63) is 35.4 Å². The third-order valence-corrected chi connectivity index (χ3v) is 7.71. The molecule has 6 rings (SSSR count). The molecule has 2 saturated carbocycles. The smallest absolute Gasteiger partial charge is 0.166 e. The van der Waals surface area contributed by atoms with Crippen LogP contribution >= 0.6 is 12.4 Å². The van der Waals surface area contributed by atoms with E-state index in [4.69, 9.17) is 4.74 Å². The Morgan fingerprint density at radius 1 is 1.27 bits per heavy atom. The summed E-state index contributed by atoms with van der Waals surface area (Å²) in [4.78, 5) is 2.56. The van der Waals surface area contributed by atoms with Crippen LogP contribution in [0.4, 0.5) is 0 Å². The number of hydrogen-bond acceptors (Lipinski definition) is 4. The van der Waals surface area contributed by atoms with Crippen LogP contribution in [0.3, 0.4) is 0 Å². The van der Waals surface area contributed by atoms with E-state index in [-0.39, 0.29) is 30.3 Å². The first-order valence-corrected chi connectivity index (χ1v) is 9.71. The molecule has 1 saturated heterocycles. The highest BCUT2D eigenvalue weighted by Crippen LogP contribution is 2.66. The van der Waals surface area contributed by atoms with Gasteiger partial charge in [-0.05, 0) is 68.2 Å². The van der Waals surface area contributed by atoms with Gasteiger partial charge in [-0.15, -0.1) is 12.4 Å². The van der Waals surface area contributed by atoms with Crippen molar-refractivity contribution in [1.29, 1.82) is 0 Å². The number of phenols is 1. The number of aromatic hydroxyl groups is 1. The molecular weight excluding hydrogens is 350 g/mol. The Kier molecular flexibility index (Phi) is 3.37. The monoisotopic (exact) mass is 375 g/mol. The number of halogens is 1. The first kappa shape index (κ1) is 16.9. The Bertz CT molecular complexity index is 807. The summed E-state index contributed by atoms with van der Waals surface area (Å²) in [6.45, 7) is 6.40. The Morgan fingerprint density at radius 3 is 2.85 bits per heavy atom. The van der Waals surface area contributed by atoms with Crippen LogP contribution in [0.25, 0.3) is 0 Å². The molecule has 1 aromatic carbocycles. The topological polar surface area (TPSA) is 52.9 Å². The number of piperidine rings is 1. The zero-order valence-electron chi connectivity index (χ0n) is 14.9. The summed E-state index contributed by atoms with van der Waals surface area (Å²) in [6, 6.07) is 3.96. The Hall–Kier alpha value is -1.23. The molecule has 2 heterocycles. The van der Waals surface area contributed by atoms with Gasteiger partial charge in [-0.3, -0.25) is 4.90 Å². The first-order chi connectivity index (χ1) is 12.0. The third kappa shape index (κ3) is 1.78. The molecule has 3 fully saturated rings. The number of benzene rings is 1. The van der Waals surface area contributed by atoms with Gasteiger partial charge < -0.3 is 14.9 Å². The Labute approximate surface area is 160 Å². The SMILES string of the molecule is C=C1CC[C@@]2(O)[C@H]3Cc4ccc(O)c5c4[C@@]2(CCN3CC2CC2)[C@@H]1O5.Cl. The minimum atomic E-state index is -0.780. The second-order valence-electron chi connectivity index (χ2n) is 8.91. The molecule has 4 nitrogen and oxygen atoms in total. The first-order valence-electron chi connectivity index (χ1n) is 9.71. The average molecular weight is 376 g/mol. The normalized spacial score (nSPS) is 39.8. The van der Waals surface area contributed by atoms with Crippen molar-refractivity contribution in [3.63, 3.8) is 0 Å². The second kappa shape index (κ2) is 5.18. The molecule has 2 N–H and O–H groups in total. The van der Waals surface area contributed by atoms with Crippen molar-refractivity contribution in [3.8, 4) is 11.5 Å². The van der Waals surface area contributed by atoms with E-state index >= 15 is 0 Å². The van der Waals surface area contributed by atoms with E-state index in [0.29, 0.717) is 5.75 Å². The summed E-state index contributed by atoms with van der Waals surface area (Å²) in [5.41, 5.74) is 2.21. The lowest BCUT2D eigenvalue weighted by atomic mass is 9.48. The summed E-state index contributed by atoms with van der Waals surface area (Å²) < 4.78 is 6.29. The lowest BCUT2D eigenvalue weighted by Crippen LogP contribution is -2.75. The zero-order valence-corrected chi connectivity index (χ0v) is 15.7. The molecule has 3 aliphatic carbocycles. The number of ether oxygens (including phenoxy) is 1. The molecule has 2 bridgehead atoms. The molecule has 0 radical (unpaired) electrons. The van der Waals surface area contributed by atoms with Gasteiger partial charge in [0.1, 0.15) is 6.10 Å². The number of phenolic OH excluding ortho intramolecular Hbond substituents is 1. The van der Waals surface area contributed by atoms with Crippen molar-refractivity contribution in [2.75, 3.05) is 13.1 Å². The fourth-order valence-electron chi connectivity index (χ4n) is 6.39. The van der Waals surface area contributed by atoms with E-state index in [2.05, 4.69) is 11.5 Å². The van der Waals surface area contributed by atoms with Gasteiger partial charge in [-0.25, -0.2) is 0 Å². The molecule has 1 spiro atoms. The van der Waals surface area contributed by atoms with Crippen molar-refractivity contribution >= 4 is 12.4 Å². The molecular formula is C21H26ClNO3. The van der Waals surface area contributed by atoms with Crippen molar-refractivity contribution in [2.45, 2.75) is 61.7 Å². The van der Waals surface area contributed by atoms with Crippen molar-refractivity contribution in [1.82, 2.24) is 4.90 Å². The molecule has 5 heteroatoms. The number of likely N-dealkylation sites (tertiary alicyclic amines) is 1. The van der Waals surface area contributed by atoms with Gasteiger partial charge in [0.15, 0.2) is 11.5 Å². The van der Waals surface area contributed by atoms with Crippen LogP contribution in [0.1, 0.15) is 43.2 Å². The summed E-state index contributed by atoms with van der Waals surface area (Å²) in [5, 5.41) is 22.5. The van der Waals surface area contributed by atoms with Crippen LogP contribution in [-0.2, 0) is 11.8 Å². The number of nitrogens with zero attached hydrogens (tertiary/aromatic N) is 1. The number of rotatable bonds is 2. The van der Waals surface area contributed by atoms with E-state index in [9.17, 15) is 10.2 Å². The van der Waals surface area contributed by atoms with Gasteiger partial charge >= 0.3 is 0 Å². The predicted octanol–water partition coefficient (Wildman–Crippen LogP) is 2.93. The standard InChI is InChI=1S/C21H25NO3.ClH/c1-12-6-7-21(24)16-10-14-4-5-15(23)18-17(14)20(21,19(12)25-18)8-9-22(16)11-13-2-3-13;/h4-5,13,16,19,23-24H,1-3,6-11H2;1H/t16-,19-,20+,21-;/m1./s1. The second-order valence-corrected chi connectivity index (χ2v) is 8.91. The summed E-state index contributed by atoms with van der Waals surface area (Å²) >= 11 is 0. The van der Waals surface area contributed by atoms with Crippen LogP contribution in [0.15, 0.2) is 24.3 Å². The van der Waals surface area contributed by atoms with Crippen LogP contribution in [0.5, 0.6) is 11.5 Å². The maximum atomic E-state index is 12.1. The maximum absolute atomic E-state index is 12.1. The number of hydrogen-bond donors (Lipinski definition) is 2. The zero-order chi connectivity index (χ0) is 17.0. The Balaban J connectivity index is 0.00000150. The lowest BCUT2D eigenvalue weighted by Gasteiger charge is -2.63. The van der Waals surface area contributed by atoms with Gasteiger partial charge in [-0.1, -0.05) is 12.6 Å². The quantitative estimate of drug-likeness (QED) is 0.780. The molecule has 26 heavy (non-hydrogen) atoms. The van der Waals surface area contributed by atoms with Gasteiger partial charge in [0.2, 0.25) is 0 Å². The molecule has 5 aliphatic rings.